The minimum absolute atomic E-state index is 0.409. The van der Waals surface area contributed by atoms with Crippen LogP contribution in [0, 0.1) is 12.8 Å². The molecular formula is C24H21NS. The number of hydrogen-bond acceptors (Lipinski definition) is 2. The predicted molar refractivity (Wildman–Crippen MR) is 111 cm³/mol. The molecule has 1 aliphatic carbocycles. The van der Waals surface area contributed by atoms with Crippen LogP contribution in [0.5, 0.6) is 0 Å². The summed E-state index contributed by atoms with van der Waals surface area (Å²) in [6, 6.07) is 26.4. The van der Waals surface area contributed by atoms with Gasteiger partial charge in [-0.2, -0.15) is 0 Å². The second-order valence-electron chi connectivity index (χ2n) is 7.22. The lowest BCUT2D eigenvalue weighted by molar-refractivity contribution is 0.597. The Morgan fingerprint density at radius 2 is 1.73 bits per heavy atom. The lowest BCUT2D eigenvalue weighted by Gasteiger charge is -2.31. The topological polar surface area (TPSA) is 12.4 Å². The maximum absolute atomic E-state index is 5.22. The van der Waals surface area contributed by atoms with E-state index in [-0.39, 0.29) is 0 Å². The first-order chi connectivity index (χ1) is 12.8. The predicted octanol–water partition coefficient (Wildman–Crippen LogP) is 6.53. The van der Waals surface area contributed by atoms with Gasteiger partial charge in [-0.05, 0) is 54.2 Å². The van der Waals surface area contributed by atoms with E-state index in [0.717, 1.165) is 18.5 Å². The molecule has 1 heterocycles. The molecule has 2 aliphatic rings. The molecule has 2 atom stereocenters. The number of aliphatic imine (C=N–C) groups is 1. The number of benzene rings is 3. The van der Waals surface area contributed by atoms with E-state index in [1.807, 2.05) is 11.8 Å². The molecule has 0 bridgehead atoms. The van der Waals surface area contributed by atoms with Crippen molar-refractivity contribution in [3.63, 3.8) is 0 Å². The lowest BCUT2D eigenvalue weighted by Crippen LogP contribution is -2.27. The molecule has 3 aromatic carbocycles. The number of nitrogens with zero attached hydrogens (tertiary/aromatic N) is 1. The maximum Gasteiger partial charge on any atom is 0.0769 e. The molecule has 0 aromatic heterocycles. The Kier molecular flexibility index (Phi) is 3.94. The van der Waals surface area contributed by atoms with Crippen LogP contribution >= 0.6 is 11.8 Å². The van der Waals surface area contributed by atoms with E-state index >= 15 is 0 Å². The van der Waals surface area contributed by atoms with Crippen molar-refractivity contribution in [1.82, 2.24) is 0 Å². The van der Waals surface area contributed by atoms with Crippen LogP contribution in [-0.2, 0) is 6.42 Å². The van der Waals surface area contributed by atoms with Gasteiger partial charge in [0.05, 0.1) is 11.4 Å². The third-order valence-electron chi connectivity index (χ3n) is 5.47. The van der Waals surface area contributed by atoms with Crippen LogP contribution in [0.4, 0.5) is 5.69 Å². The molecule has 0 spiro atoms. The van der Waals surface area contributed by atoms with Gasteiger partial charge in [0, 0.05) is 16.1 Å². The molecular weight excluding hydrogens is 334 g/mol. The Balaban J connectivity index is 1.72. The quantitative estimate of drug-likeness (QED) is 0.484. The molecule has 0 fully saturated rings. The van der Waals surface area contributed by atoms with Crippen LogP contribution in [0.3, 0.4) is 0 Å². The molecule has 1 nitrogen and oxygen atoms in total. The first kappa shape index (κ1) is 15.9. The summed E-state index contributed by atoms with van der Waals surface area (Å²) in [6.07, 6.45) is 2.30. The smallest absolute Gasteiger partial charge is 0.0769 e. The second-order valence-corrected chi connectivity index (χ2v) is 8.40. The van der Waals surface area contributed by atoms with Gasteiger partial charge >= 0.3 is 0 Å². The van der Waals surface area contributed by atoms with Crippen LogP contribution in [0.1, 0.15) is 33.9 Å². The van der Waals surface area contributed by atoms with Gasteiger partial charge in [-0.1, -0.05) is 60.7 Å². The Labute approximate surface area is 159 Å². The van der Waals surface area contributed by atoms with Crippen LogP contribution in [0.15, 0.2) is 82.7 Å². The molecule has 0 radical (unpaired) electrons. The highest BCUT2D eigenvalue weighted by atomic mass is 32.2. The maximum atomic E-state index is 5.22. The summed E-state index contributed by atoms with van der Waals surface area (Å²) in [4.78, 5) is 6.52. The van der Waals surface area contributed by atoms with Gasteiger partial charge in [0.25, 0.3) is 0 Å². The zero-order valence-electron chi connectivity index (χ0n) is 14.9. The molecule has 0 N–H and O–H groups in total. The highest BCUT2D eigenvalue weighted by molar-refractivity contribution is 7.99. The standard InChI is InChI=1S/C24H21NS/c1-16-11-14-21-22(15-16)26-24(18-8-3-2-4-9-18)20-13-12-17-7-5-6-10-19(17)23(20)25-21/h2-11,14-15,20,24H,12-13H2,1H3. The SMILES string of the molecule is Cc1ccc2c(c1)SC(c1ccccc1)C1CCc3ccccc3C1=N2. The van der Waals surface area contributed by atoms with Crippen LogP contribution in [0.25, 0.3) is 0 Å². The largest absolute Gasteiger partial charge is 0.251 e. The van der Waals surface area contributed by atoms with Crippen molar-refractivity contribution < 1.29 is 0 Å². The third kappa shape index (κ3) is 2.69. The van der Waals surface area contributed by atoms with Crippen molar-refractivity contribution in [2.24, 2.45) is 10.9 Å². The molecule has 128 valence electrons. The molecule has 0 saturated heterocycles. The van der Waals surface area contributed by atoms with Gasteiger partial charge in [-0.15, -0.1) is 11.8 Å². The van der Waals surface area contributed by atoms with E-state index in [1.165, 1.54) is 32.9 Å². The normalized spacial score (nSPS) is 21.0. The van der Waals surface area contributed by atoms with E-state index in [2.05, 4.69) is 79.7 Å². The zero-order valence-corrected chi connectivity index (χ0v) is 15.7. The lowest BCUT2D eigenvalue weighted by atomic mass is 9.78. The van der Waals surface area contributed by atoms with Gasteiger partial charge < -0.3 is 0 Å². The molecule has 3 aromatic rings. The average Bonchev–Trinajstić information content (AvgIpc) is 2.85. The van der Waals surface area contributed by atoms with Crippen LogP contribution in [0.2, 0.25) is 0 Å². The van der Waals surface area contributed by atoms with Crippen molar-refractivity contribution in [2.75, 3.05) is 0 Å². The van der Waals surface area contributed by atoms with Crippen molar-refractivity contribution in [3.05, 3.63) is 95.1 Å². The van der Waals surface area contributed by atoms with Gasteiger partial charge in [0.15, 0.2) is 0 Å². The highest BCUT2D eigenvalue weighted by Crippen LogP contribution is 2.51. The van der Waals surface area contributed by atoms with E-state index in [4.69, 9.17) is 4.99 Å². The second kappa shape index (κ2) is 6.44. The van der Waals surface area contributed by atoms with E-state index < -0.39 is 0 Å². The van der Waals surface area contributed by atoms with Gasteiger partial charge in [-0.3, -0.25) is 4.99 Å². The number of fused-ring (bicyclic) bond motifs is 4. The summed E-state index contributed by atoms with van der Waals surface area (Å²) in [5, 5.41) is 0.409. The molecule has 0 amide bonds. The third-order valence-corrected chi connectivity index (χ3v) is 6.91. The summed E-state index contributed by atoms with van der Waals surface area (Å²) in [5.41, 5.74) is 7.89. The van der Waals surface area contributed by atoms with Crippen molar-refractivity contribution >= 4 is 23.2 Å². The first-order valence-corrected chi connectivity index (χ1v) is 10.2. The van der Waals surface area contributed by atoms with Crippen LogP contribution in [-0.4, -0.2) is 5.71 Å². The van der Waals surface area contributed by atoms with Crippen molar-refractivity contribution in [2.45, 2.75) is 29.9 Å². The number of hydrogen-bond donors (Lipinski definition) is 0. The molecule has 2 heteroatoms. The van der Waals surface area contributed by atoms with Gasteiger partial charge in [-0.25, -0.2) is 0 Å². The Morgan fingerprint density at radius 1 is 0.923 bits per heavy atom. The van der Waals surface area contributed by atoms with Crippen molar-refractivity contribution in [3.8, 4) is 0 Å². The fourth-order valence-electron chi connectivity index (χ4n) is 4.17. The Morgan fingerprint density at radius 3 is 2.62 bits per heavy atom. The van der Waals surface area contributed by atoms with Crippen LogP contribution < -0.4 is 0 Å². The fourth-order valence-corrected chi connectivity index (χ4v) is 5.66. The fraction of sp³-hybridized carbons (Fsp3) is 0.208. The summed E-state index contributed by atoms with van der Waals surface area (Å²) in [7, 11) is 0. The Bertz CT molecular complexity index is 990. The molecule has 26 heavy (non-hydrogen) atoms. The Hall–Kier alpha value is -2.32. The number of aryl methyl sites for hydroxylation is 2. The molecule has 0 saturated carbocycles. The summed E-state index contributed by atoms with van der Waals surface area (Å²) in [5.74, 6) is 0.449. The van der Waals surface area contributed by atoms with E-state index in [0.29, 0.717) is 11.2 Å². The van der Waals surface area contributed by atoms with Gasteiger partial charge in [0.2, 0.25) is 0 Å². The summed E-state index contributed by atoms with van der Waals surface area (Å²) >= 11 is 1.99. The van der Waals surface area contributed by atoms with Crippen molar-refractivity contribution in [1.29, 1.82) is 0 Å². The summed E-state index contributed by atoms with van der Waals surface area (Å²) in [6.45, 7) is 2.17. The first-order valence-electron chi connectivity index (χ1n) is 9.29. The average molecular weight is 356 g/mol. The molecule has 1 aliphatic heterocycles. The molecule has 5 rings (SSSR count). The van der Waals surface area contributed by atoms with E-state index in [1.54, 1.807) is 0 Å². The number of thioether (sulfide) groups is 1. The number of rotatable bonds is 1. The minimum Gasteiger partial charge on any atom is -0.251 e. The summed E-state index contributed by atoms with van der Waals surface area (Å²) < 4.78 is 0. The minimum atomic E-state index is 0.409. The molecule has 2 unspecified atom stereocenters. The highest BCUT2D eigenvalue weighted by Gasteiger charge is 2.35. The zero-order chi connectivity index (χ0) is 17.5. The van der Waals surface area contributed by atoms with E-state index in [9.17, 15) is 0 Å². The monoisotopic (exact) mass is 355 g/mol. The van der Waals surface area contributed by atoms with Gasteiger partial charge in [0.1, 0.15) is 0 Å².